The van der Waals surface area contributed by atoms with Crippen molar-refractivity contribution >= 4 is 11.9 Å². The highest BCUT2D eigenvalue weighted by molar-refractivity contribution is 6.06. The summed E-state index contributed by atoms with van der Waals surface area (Å²) in [6.45, 7) is 1.43. The third-order valence-electron chi connectivity index (χ3n) is 3.43. The topological polar surface area (TPSA) is 47.9 Å². The smallest absolute Gasteiger partial charge is 0.338 e. The van der Waals surface area contributed by atoms with Crippen molar-refractivity contribution in [3.05, 3.63) is 35.9 Å². The lowest BCUT2D eigenvalue weighted by molar-refractivity contribution is -0.136. The summed E-state index contributed by atoms with van der Waals surface area (Å²) in [5.74, 6) is 0.491. The van der Waals surface area contributed by atoms with Crippen molar-refractivity contribution in [1.29, 1.82) is 0 Å². The summed E-state index contributed by atoms with van der Waals surface area (Å²) in [5.41, 5.74) is 0.861. The lowest BCUT2D eigenvalue weighted by Gasteiger charge is -2.23. The lowest BCUT2D eigenvalue weighted by atomic mass is 9.92. The summed E-state index contributed by atoms with van der Waals surface area (Å²) in [6.07, 6.45) is 1.76. The molecule has 3 rings (SSSR count). The molecule has 0 aliphatic carbocycles. The Kier molecular flexibility index (Phi) is 3.11. The Bertz CT molecular complexity index is 463. The molecule has 0 spiro atoms. The Morgan fingerprint density at radius 1 is 1.11 bits per heavy atom. The molecule has 2 heterocycles. The Labute approximate surface area is 106 Å². The zero-order valence-electron chi connectivity index (χ0n) is 10.0. The quantitative estimate of drug-likeness (QED) is 0.746. The second-order valence-corrected chi connectivity index (χ2v) is 4.62. The molecule has 0 N–H and O–H groups in total. The predicted molar refractivity (Wildman–Crippen MR) is 66.4 cm³/mol. The molecular weight excluding hydrogens is 230 g/mol. The lowest BCUT2D eigenvalue weighted by Crippen LogP contribution is -2.30. The minimum absolute atomic E-state index is 0.222. The molecule has 2 aliphatic heterocycles. The number of carbonyl (C=O) groups excluding carboxylic acids is 1. The Hall–Kier alpha value is -1.68. The van der Waals surface area contributed by atoms with Crippen molar-refractivity contribution in [3.63, 3.8) is 0 Å². The summed E-state index contributed by atoms with van der Waals surface area (Å²) in [5, 5.41) is 0. The molecule has 1 atom stereocenters. The van der Waals surface area contributed by atoms with E-state index in [4.69, 9.17) is 9.47 Å². The maximum absolute atomic E-state index is 11.9. The van der Waals surface area contributed by atoms with Crippen LogP contribution in [0, 0.1) is 5.92 Å². The summed E-state index contributed by atoms with van der Waals surface area (Å²) < 4.78 is 10.6. The number of hydrogen-bond acceptors (Lipinski definition) is 4. The van der Waals surface area contributed by atoms with E-state index in [-0.39, 0.29) is 17.9 Å². The van der Waals surface area contributed by atoms with Gasteiger partial charge in [0.15, 0.2) is 6.04 Å². The van der Waals surface area contributed by atoms with Crippen LogP contribution in [0.1, 0.15) is 18.4 Å². The monoisotopic (exact) mass is 245 g/mol. The van der Waals surface area contributed by atoms with Gasteiger partial charge >= 0.3 is 5.97 Å². The van der Waals surface area contributed by atoms with Gasteiger partial charge in [0.05, 0.1) is 0 Å². The number of carbonyl (C=O) groups is 1. The molecule has 1 aromatic carbocycles. The highest BCUT2D eigenvalue weighted by atomic mass is 16.6. The molecule has 94 valence electrons. The number of hydrogen-bond donors (Lipinski definition) is 0. The zero-order chi connectivity index (χ0) is 12.4. The largest absolute Gasteiger partial charge is 0.406 e. The fraction of sp³-hybridized carbons (Fsp3) is 0.429. The number of rotatable bonds is 2. The second kappa shape index (κ2) is 4.90. The van der Waals surface area contributed by atoms with Gasteiger partial charge in [-0.2, -0.15) is 0 Å². The first-order valence-electron chi connectivity index (χ1n) is 6.27. The van der Waals surface area contributed by atoms with Crippen LogP contribution in [0.3, 0.4) is 0 Å². The second-order valence-electron chi connectivity index (χ2n) is 4.62. The normalized spacial score (nSPS) is 24.8. The van der Waals surface area contributed by atoms with Crippen molar-refractivity contribution in [2.24, 2.45) is 10.9 Å². The van der Waals surface area contributed by atoms with Gasteiger partial charge in [0.2, 0.25) is 5.90 Å². The van der Waals surface area contributed by atoms with Crippen LogP contribution in [0.4, 0.5) is 0 Å². The fourth-order valence-electron chi connectivity index (χ4n) is 2.40. The molecule has 18 heavy (non-hydrogen) atoms. The maximum Gasteiger partial charge on any atom is 0.338 e. The summed E-state index contributed by atoms with van der Waals surface area (Å²) in [6, 6.07) is 9.21. The van der Waals surface area contributed by atoms with Crippen LogP contribution in [-0.2, 0) is 14.3 Å². The molecule has 2 aliphatic rings. The number of cyclic esters (lactones) is 1. The molecule has 0 amide bonds. The van der Waals surface area contributed by atoms with Gasteiger partial charge in [0.25, 0.3) is 0 Å². The number of nitrogens with zero attached hydrogens (tertiary/aromatic N) is 1. The first kappa shape index (κ1) is 11.4. The van der Waals surface area contributed by atoms with Gasteiger partial charge in [0.1, 0.15) is 0 Å². The van der Waals surface area contributed by atoms with Crippen molar-refractivity contribution in [3.8, 4) is 0 Å². The van der Waals surface area contributed by atoms with Gasteiger partial charge in [-0.15, -0.1) is 0 Å². The molecule has 4 heteroatoms. The third-order valence-corrected chi connectivity index (χ3v) is 3.43. The van der Waals surface area contributed by atoms with E-state index >= 15 is 0 Å². The van der Waals surface area contributed by atoms with Gasteiger partial charge in [-0.25, -0.2) is 9.79 Å². The third kappa shape index (κ3) is 2.16. The van der Waals surface area contributed by atoms with Crippen LogP contribution < -0.4 is 0 Å². The average molecular weight is 245 g/mol. The molecular formula is C14H15NO3. The SMILES string of the molecule is O=C1OC(c2ccccc2)=NC1C1CCOCC1. The average Bonchev–Trinajstić information content (AvgIpc) is 2.83. The maximum atomic E-state index is 11.9. The Balaban J connectivity index is 1.80. The van der Waals surface area contributed by atoms with Crippen LogP contribution in [0.5, 0.6) is 0 Å². The highest BCUT2D eigenvalue weighted by Gasteiger charge is 2.36. The first-order valence-corrected chi connectivity index (χ1v) is 6.27. The standard InChI is InChI=1S/C14H15NO3/c16-14-12(10-6-8-17-9-7-10)15-13(18-14)11-4-2-1-3-5-11/h1-5,10,12H,6-9H2. The number of ether oxygens (including phenoxy) is 2. The van der Waals surface area contributed by atoms with Crippen LogP contribution in [-0.4, -0.2) is 31.1 Å². The van der Waals surface area contributed by atoms with Crippen molar-refractivity contribution in [2.75, 3.05) is 13.2 Å². The van der Waals surface area contributed by atoms with Crippen molar-refractivity contribution < 1.29 is 14.3 Å². The van der Waals surface area contributed by atoms with Gasteiger partial charge in [-0.3, -0.25) is 0 Å². The van der Waals surface area contributed by atoms with E-state index in [1.807, 2.05) is 30.3 Å². The zero-order valence-corrected chi connectivity index (χ0v) is 10.0. The van der Waals surface area contributed by atoms with E-state index < -0.39 is 0 Å². The predicted octanol–water partition coefficient (Wildman–Crippen LogP) is 1.79. The molecule has 1 aromatic rings. The fourth-order valence-corrected chi connectivity index (χ4v) is 2.40. The van der Waals surface area contributed by atoms with Gasteiger partial charge < -0.3 is 9.47 Å². The van der Waals surface area contributed by atoms with Crippen LogP contribution in [0.25, 0.3) is 0 Å². The van der Waals surface area contributed by atoms with E-state index in [0.717, 1.165) is 18.4 Å². The summed E-state index contributed by atoms with van der Waals surface area (Å²) in [7, 11) is 0. The molecule has 0 radical (unpaired) electrons. The van der Waals surface area contributed by atoms with Crippen molar-refractivity contribution in [1.82, 2.24) is 0 Å². The van der Waals surface area contributed by atoms with Crippen LogP contribution in [0.15, 0.2) is 35.3 Å². The first-order chi connectivity index (χ1) is 8.84. The number of esters is 1. The van der Waals surface area contributed by atoms with Gasteiger partial charge in [0, 0.05) is 18.8 Å². The minimum atomic E-state index is -0.343. The van der Waals surface area contributed by atoms with Crippen LogP contribution >= 0.6 is 0 Å². The van der Waals surface area contributed by atoms with Gasteiger partial charge in [-0.1, -0.05) is 18.2 Å². The molecule has 4 nitrogen and oxygen atoms in total. The molecule has 0 saturated carbocycles. The van der Waals surface area contributed by atoms with E-state index in [2.05, 4.69) is 4.99 Å². The van der Waals surface area contributed by atoms with E-state index in [1.54, 1.807) is 0 Å². The molecule has 0 bridgehead atoms. The summed E-state index contributed by atoms with van der Waals surface area (Å²) in [4.78, 5) is 16.3. The summed E-state index contributed by atoms with van der Waals surface area (Å²) >= 11 is 0. The van der Waals surface area contributed by atoms with Crippen LogP contribution in [0.2, 0.25) is 0 Å². The molecule has 1 unspecified atom stereocenters. The minimum Gasteiger partial charge on any atom is -0.406 e. The number of benzene rings is 1. The van der Waals surface area contributed by atoms with E-state index in [0.29, 0.717) is 19.1 Å². The van der Waals surface area contributed by atoms with Crippen molar-refractivity contribution in [2.45, 2.75) is 18.9 Å². The van der Waals surface area contributed by atoms with E-state index in [9.17, 15) is 4.79 Å². The number of aliphatic imine (C=N–C) groups is 1. The van der Waals surface area contributed by atoms with Gasteiger partial charge in [-0.05, 0) is 30.9 Å². The molecule has 1 saturated heterocycles. The molecule has 0 aromatic heterocycles. The van der Waals surface area contributed by atoms with E-state index in [1.165, 1.54) is 0 Å². The Morgan fingerprint density at radius 3 is 2.56 bits per heavy atom. The molecule has 1 fully saturated rings. The highest BCUT2D eigenvalue weighted by Crippen LogP contribution is 2.26. The Morgan fingerprint density at radius 2 is 1.83 bits per heavy atom.